The van der Waals surface area contributed by atoms with Crippen LogP contribution in [0.5, 0.6) is 0 Å². The highest BCUT2D eigenvalue weighted by Crippen LogP contribution is 2.49. The second-order valence-electron chi connectivity index (χ2n) is 4.40. The minimum atomic E-state index is -4.58. The fourth-order valence-corrected chi connectivity index (χ4v) is 3.89. The highest BCUT2D eigenvalue weighted by Gasteiger charge is 2.31. The van der Waals surface area contributed by atoms with E-state index in [0.29, 0.717) is 10.1 Å². The molecule has 6 N–H and O–H groups in total. The number of aliphatic hydroxyl groups excluding tert-OH is 2. The van der Waals surface area contributed by atoms with E-state index in [1.165, 1.54) is 0 Å². The lowest BCUT2D eigenvalue weighted by molar-refractivity contribution is -0.116. The van der Waals surface area contributed by atoms with Gasteiger partial charge in [-0.05, 0) is 0 Å². The van der Waals surface area contributed by atoms with E-state index in [4.69, 9.17) is 39.0 Å². The van der Waals surface area contributed by atoms with Gasteiger partial charge in [0.2, 0.25) is 0 Å². The number of hydrogen-bond acceptors (Lipinski definition) is 9. The molecule has 0 bridgehead atoms. The Bertz CT molecular complexity index is 450. The molecule has 0 aromatic heterocycles. The van der Waals surface area contributed by atoms with Gasteiger partial charge in [-0.25, -0.2) is 9.25 Å². The predicted molar refractivity (Wildman–Crippen MR) is 77.1 cm³/mol. The first-order chi connectivity index (χ1) is 10.3. The van der Waals surface area contributed by atoms with Crippen LogP contribution in [0, 0.1) is 0 Å². The molecule has 0 aliphatic rings. The van der Waals surface area contributed by atoms with Crippen LogP contribution in [-0.4, -0.2) is 85.5 Å². The van der Waals surface area contributed by atoms with Crippen LogP contribution in [0.4, 0.5) is 0 Å². The van der Waals surface area contributed by atoms with Crippen molar-refractivity contribution < 1.29 is 52.7 Å². The summed E-state index contributed by atoms with van der Waals surface area (Å²) in [6.07, 6.45) is -1.96. The zero-order valence-corrected chi connectivity index (χ0v) is 14.9. The molecule has 0 heterocycles. The van der Waals surface area contributed by atoms with Crippen molar-refractivity contribution in [2.75, 3.05) is 45.5 Å². The summed E-state index contributed by atoms with van der Waals surface area (Å²) >= 11 is 0. The van der Waals surface area contributed by atoms with Gasteiger partial charge in [0.25, 0.3) is 0 Å². The standard InChI is InChI=1S/C7H21N2O11P3/c1-21(12,19-8(2-4-10)6-22(13,14)15)20-9(3-5-11)7-23(16,17)18/h10-11H,2-7H2,1H3,(H2,13,14,15)(H2,16,17,18). The summed E-state index contributed by atoms with van der Waals surface area (Å²) in [5.74, 6) is 0. The molecule has 0 aliphatic carbocycles. The first-order valence-electron chi connectivity index (χ1n) is 6.06. The molecular weight excluding hydrogens is 381 g/mol. The van der Waals surface area contributed by atoms with Gasteiger partial charge in [-0.1, -0.05) is 0 Å². The lowest BCUT2D eigenvalue weighted by atomic mass is 10.7. The van der Waals surface area contributed by atoms with Gasteiger partial charge >= 0.3 is 22.8 Å². The fraction of sp³-hybridized carbons (Fsp3) is 1.00. The van der Waals surface area contributed by atoms with E-state index in [1.54, 1.807) is 0 Å². The smallest absolute Gasteiger partial charge is 0.360 e. The molecule has 0 atom stereocenters. The summed E-state index contributed by atoms with van der Waals surface area (Å²) < 4.78 is 43.6. The van der Waals surface area contributed by atoms with Crippen molar-refractivity contribution in [3.05, 3.63) is 0 Å². The largest absolute Gasteiger partial charge is 0.395 e. The first-order valence-corrected chi connectivity index (χ1v) is 11.6. The summed E-state index contributed by atoms with van der Waals surface area (Å²) in [7, 11) is -13.3. The van der Waals surface area contributed by atoms with Crippen LogP contribution >= 0.6 is 22.8 Å². The molecule has 0 spiro atoms. The van der Waals surface area contributed by atoms with E-state index >= 15 is 0 Å². The molecule has 0 fully saturated rings. The topological polar surface area (TPSA) is 198 Å². The zero-order valence-electron chi connectivity index (χ0n) is 12.2. The molecule has 0 unspecified atom stereocenters. The Kier molecular flexibility index (Phi) is 9.81. The fourth-order valence-electron chi connectivity index (χ4n) is 1.34. The molecule has 0 saturated carbocycles. The number of hydrogen-bond donors (Lipinski definition) is 6. The maximum Gasteiger partial charge on any atom is 0.360 e. The Morgan fingerprint density at radius 2 is 1.09 bits per heavy atom. The average Bonchev–Trinajstić information content (AvgIpc) is 2.22. The summed E-state index contributed by atoms with van der Waals surface area (Å²) in [6, 6.07) is 0. The van der Waals surface area contributed by atoms with Crippen molar-refractivity contribution >= 4 is 22.8 Å². The summed E-state index contributed by atoms with van der Waals surface area (Å²) in [6.45, 7) is -1.04. The van der Waals surface area contributed by atoms with Crippen molar-refractivity contribution in [2.24, 2.45) is 0 Å². The summed E-state index contributed by atoms with van der Waals surface area (Å²) in [5.41, 5.74) is 0. The molecule has 16 heteroatoms. The monoisotopic (exact) mass is 402 g/mol. The van der Waals surface area contributed by atoms with Gasteiger partial charge in [-0.15, -0.1) is 0 Å². The van der Waals surface area contributed by atoms with E-state index in [1.807, 2.05) is 0 Å². The normalized spacial score (nSPS) is 14.0. The molecule has 0 aromatic rings. The van der Waals surface area contributed by atoms with Crippen molar-refractivity contribution in [3.63, 3.8) is 0 Å². The summed E-state index contributed by atoms with van der Waals surface area (Å²) in [4.78, 5) is 35.4. The molecule has 23 heavy (non-hydrogen) atoms. The molecule has 0 rings (SSSR count). The Balaban J connectivity index is 4.93. The quantitative estimate of drug-likeness (QED) is 0.164. The van der Waals surface area contributed by atoms with E-state index in [9.17, 15) is 13.7 Å². The Morgan fingerprint density at radius 3 is 1.30 bits per heavy atom. The number of aliphatic hydroxyl groups is 2. The van der Waals surface area contributed by atoms with Gasteiger partial charge in [-0.2, -0.15) is 10.1 Å². The highest BCUT2D eigenvalue weighted by atomic mass is 31.2. The van der Waals surface area contributed by atoms with E-state index in [0.717, 1.165) is 6.66 Å². The van der Waals surface area contributed by atoms with Crippen LogP contribution < -0.4 is 0 Å². The Morgan fingerprint density at radius 1 is 0.783 bits per heavy atom. The van der Waals surface area contributed by atoms with Gasteiger partial charge in [-0.3, -0.25) is 13.7 Å². The third-order valence-corrected chi connectivity index (χ3v) is 4.33. The van der Waals surface area contributed by atoms with Crippen LogP contribution in [-0.2, 0) is 22.9 Å². The van der Waals surface area contributed by atoms with Crippen LogP contribution in [0.3, 0.4) is 0 Å². The first kappa shape index (κ1) is 23.3. The van der Waals surface area contributed by atoms with Gasteiger partial charge in [0.15, 0.2) is 0 Å². The van der Waals surface area contributed by atoms with Crippen molar-refractivity contribution in [2.45, 2.75) is 0 Å². The van der Waals surface area contributed by atoms with Gasteiger partial charge < -0.3 is 29.8 Å². The van der Waals surface area contributed by atoms with Gasteiger partial charge in [0.1, 0.15) is 12.6 Å². The molecule has 13 nitrogen and oxygen atoms in total. The SMILES string of the molecule is CP(=O)(ON(CCO)CP(=O)(O)O)ON(CCO)CP(=O)(O)O. The van der Waals surface area contributed by atoms with Gasteiger partial charge in [0.05, 0.1) is 13.2 Å². The molecule has 140 valence electrons. The highest BCUT2D eigenvalue weighted by molar-refractivity contribution is 7.53. The molecule has 0 radical (unpaired) electrons. The zero-order chi connectivity index (χ0) is 18.3. The second-order valence-corrected chi connectivity index (χ2v) is 9.50. The molecule has 0 aliphatic heterocycles. The van der Waals surface area contributed by atoms with E-state index in [2.05, 4.69) is 0 Å². The Hall–Kier alpha value is 0.290. The molecule has 0 saturated heterocycles. The third-order valence-electron chi connectivity index (χ3n) is 1.91. The predicted octanol–water partition coefficient (Wildman–Crippen LogP) is -1.47. The van der Waals surface area contributed by atoms with Crippen LogP contribution in [0.1, 0.15) is 0 Å². The molecule has 0 amide bonds. The molecule has 0 aromatic carbocycles. The number of nitrogens with zero attached hydrogens (tertiary/aromatic N) is 2. The van der Waals surface area contributed by atoms with Crippen LogP contribution in [0.2, 0.25) is 0 Å². The van der Waals surface area contributed by atoms with Crippen molar-refractivity contribution in [1.29, 1.82) is 0 Å². The number of rotatable bonds is 12. The van der Waals surface area contributed by atoms with Crippen molar-refractivity contribution in [1.82, 2.24) is 10.1 Å². The third kappa shape index (κ3) is 13.3. The van der Waals surface area contributed by atoms with Crippen LogP contribution in [0.15, 0.2) is 0 Å². The van der Waals surface area contributed by atoms with Crippen LogP contribution in [0.25, 0.3) is 0 Å². The minimum Gasteiger partial charge on any atom is -0.395 e. The van der Waals surface area contributed by atoms with Gasteiger partial charge in [0, 0.05) is 19.8 Å². The molecular formula is C7H21N2O11P3. The van der Waals surface area contributed by atoms with Crippen molar-refractivity contribution in [3.8, 4) is 0 Å². The Labute approximate surface area is 132 Å². The van der Waals surface area contributed by atoms with E-state index in [-0.39, 0.29) is 0 Å². The maximum atomic E-state index is 12.2. The second kappa shape index (κ2) is 9.69. The number of hydroxylamine groups is 4. The maximum absolute atomic E-state index is 12.2. The minimum absolute atomic E-state index is 0.398. The lowest BCUT2D eigenvalue weighted by Gasteiger charge is -2.28. The average molecular weight is 402 g/mol. The lowest BCUT2D eigenvalue weighted by Crippen LogP contribution is -2.31. The van der Waals surface area contributed by atoms with E-state index < -0.39 is 61.7 Å². The summed E-state index contributed by atoms with van der Waals surface area (Å²) in [5, 5.41) is 18.6.